The highest BCUT2D eigenvalue weighted by Crippen LogP contribution is 2.21. The maximum absolute atomic E-state index is 15.3. The van der Waals surface area contributed by atoms with Crippen molar-refractivity contribution in [2.75, 3.05) is 26.3 Å². The molecule has 10 atom stereocenters. The van der Waals surface area contributed by atoms with Gasteiger partial charge in [-0.2, -0.15) is 0 Å². The molecule has 0 aliphatic carbocycles. The zero-order valence-electron chi connectivity index (χ0n) is 80.2. The summed E-state index contributed by atoms with van der Waals surface area (Å²) in [6, 6.07) is -21.6. The zero-order valence-corrected chi connectivity index (χ0v) is 80.2. The fraction of sp³-hybridized carbons (Fsp3) is 0.762. The molecule has 10 amide bonds. The average molecular weight is 1840 g/mol. The van der Waals surface area contributed by atoms with Crippen molar-refractivity contribution in [2.45, 2.75) is 388 Å². The van der Waals surface area contributed by atoms with Crippen molar-refractivity contribution in [3.8, 4) is 0 Å². The number of nitrogens with two attached hydrogens (primary N) is 1. The lowest BCUT2D eigenvalue weighted by Crippen LogP contribution is -2.62. The Hall–Kier alpha value is -11.4. The van der Waals surface area contributed by atoms with Crippen LogP contribution in [0.15, 0.2) is 5.11 Å². The average Bonchev–Trinajstić information content (AvgIpc) is 0.841. The van der Waals surface area contributed by atoms with Gasteiger partial charge in [-0.15, -0.1) is 0 Å². The summed E-state index contributed by atoms with van der Waals surface area (Å²) in [5.41, 5.74) is 2.04. The van der Waals surface area contributed by atoms with Gasteiger partial charge in [0.05, 0.1) is 83.5 Å². The minimum absolute atomic E-state index is 0.0596. The molecule has 129 heavy (non-hydrogen) atoms. The molecule has 0 saturated heterocycles. The Kier molecular flexibility index (Phi) is 46.1. The van der Waals surface area contributed by atoms with Gasteiger partial charge in [0.25, 0.3) is 0 Å². The van der Waals surface area contributed by atoms with E-state index in [0.29, 0.717) is 0 Å². The molecule has 0 radical (unpaired) electrons. The minimum Gasteiger partial charge on any atom is -0.460 e. The van der Waals surface area contributed by atoms with Crippen LogP contribution in [-0.2, 0) is 148 Å². The Morgan fingerprint density at radius 2 is 0.388 bits per heavy atom. The summed E-state index contributed by atoms with van der Waals surface area (Å²) in [4.78, 5) is 287. The molecule has 12 N–H and O–H groups in total. The van der Waals surface area contributed by atoms with Crippen LogP contribution >= 0.6 is 0 Å². The van der Waals surface area contributed by atoms with Gasteiger partial charge in [0.15, 0.2) is 0 Å². The quantitative estimate of drug-likeness (QED) is 0.0104. The van der Waals surface area contributed by atoms with E-state index >= 15 is 24.0 Å². The molecule has 45 heteroatoms. The molecule has 0 aromatic rings. The van der Waals surface area contributed by atoms with Gasteiger partial charge in [0.1, 0.15) is 110 Å². The third-order valence-corrected chi connectivity index (χ3v) is 14.9. The standard InChI is InChI=1S/C84H140N14O31/c1-75(2,3)120-55(99)35-45(85)65(109)89-47(37-57(101)122-77(7,8)9)67(111)91-49(39-59(103)124-79(13,14)15)69(113)93-51(41-61(105)126-81(19,20)21)71(115)95-53(43-63(107)128-83(25,26)27)73(117)97-54(44-64(108)129-84(28,29)30)74(118)96-52(42-62(106)127-82(22,23)24)72(116)94-50(40-60(104)125-80(16,17)18)70(114)92-48(38-58(102)123-78(10,11)12)68(112)90-46(36-56(100)121-76(4,5)6)66(110)87-31-33-119-34-32-88-98-86/h45-54H,31-44,85H2,1-30H3,(H,87,110)(H,89,109)(H,90,112)(H,91,111)(H,92,114)(H,93,113)(H,94,116)(H,95,115)(H,96,118)(H,97,117)/t45-,46-,47-,48-,49-,50-,51-,52-,53-,54-/m0/s1. The van der Waals surface area contributed by atoms with E-state index in [0.717, 1.165) is 0 Å². The normalized spacial score (nSPS) is 14.5. The highest BCUT2D eigenvalue weighted by Gasteiger charge is 2.43. The number of esters is 10. The van der Waals surface area contributed by atoms with E-state index in [9.17, 15) is 71.9 Å². The Bertz CT molecular complexity index is 4010. The lowest BCUT2D eigenvalue weighted by molar-refractivity contribution is -0.159. The summed E-state index contributed by atoms with van der Waals surface area (Å²) < 4.78 is 60.0. The molecule has 0 unspecified atom stereocenters. The highest BCUT2D eigenvalue weighted by atomic mass is 16.6. The minimum atomic E-state index is -2.36. The van der Waals surface area contributed by atoms with Crippen LogP contribution in [0.2, 0.25) is 0 Å². The smallest absolute Gasteiger partial charge is 0.308 e. The summed E-state index contributed by atoms with van der Waals surface area (Å²) in [6.45, 7) is 42.9. The van der Waals surface area contributed by atoms with Crippen molar-refractivity contribution in [3.05, 3.63) is 10.4 Å². The first kappa shape index (κ1) is 118. The predicted octanol–water partition coefficient (Wildman–Crippen LogP) is 2.44. The molecule has 45 nitrogen and oxygen atoms in total. The number of amides is 10. The number of nitrogens with zero attached hydrogens (tertiary/aromatic N) is 3. The Morgan fingerprint density at radius 3 is 0.543 bits per heavy atom. The molecule has 0 aliphatic rings. The zero-order chi connectivity index (χ0) is 100. The number of hydrogen-bond donors (Lipinski definition) is 11. The van der Waals surface area contributed by atoms with Crippen LogP contribution in [0.4, 0.5) is 0 Å². The van der Waals surface area contributed by atoms with Gasteiger partial charge < -0.3 is 111 Å². The molecule has 0 spiro atoms. The van der Waals surface area contributed by atoms with Gasteiger partial charge in [-0.3, -0.25) is 95.9 Å². The van der Waals surface area contributed by atoms with E-state index in [4.69, 9.17) is 63.4 Å². The van der Waals surface area contributed by atoms with Crippen molar-refractivity contribution in [1.82, 2.24) is 53.2 Å². The van der Waals surface area contributed by atoms with E-state index in [1.165, 1.54) is 208 Å². The topological polar surface area (TPSA) is 638 Å². The van der Waals surface area contributed by atoms with Crippen LogP contribution in [0, 0.1) is 0 Å². The van der Waals surface area contributed by atoms with Gasteiger partial charge >= 0.3 is 59.7 Å². The van der Waals surface area contributed by atoms with Gasteiger partial charge in [0.2, 0.25) is 59.1 Å². The third-order valence-electron chi connectivity index (χ3n) is 14.9. The van der Waals surface area contributed by atoms with Crippen molar-refractivity contribution in [3.63, 3.8) is 0 Å². The first-order chi connectivity index (χ1) is 58.2. The van der Waals surface area contributed by atoms with Crippen LogP contribution in [-0.4, -0.2) is 261 Å². The molecule has 0 heterocycles. The van der Waals surface area contributed by atoms with Crippen LogP contribution in [0.25, 0.3) is 10.4 Å². The Labute approximate surface area is 752 Å². The lowest BCUT2D eigenvalue weighted by Gasteiger charge is -2.29. The molecule has 0 aromatic carbocycles. The van der Waals surface area contributed by atoms with Crippen LogP contribution in [0.3, 0.4) is 0 Å². The van der Waals surface area contributed by atoms with Crippen LogP contribution < -0.4 is 58.9 Å². The van der Waals surface area contributed by atoms with Crippen molar-refractivity contribution in [1.29, 1.82) is 0 Å². The van der Waals surface area contributed by atoms with Gasteiger partial charge in [-0.1, -0.05) is 5.11 Å². The van der Waals surface area contributed by atoms with E-state index in [-0.39, 0.29) is 26.3 Å². The van der Waals surface area contributed by atoms with E-state index in [2.05, 4.69) is 63.2 Å². The number of hydrogen-bond acceptors (Lipinski definition) is 33. The van der Waals surface area contributed by atoms with E-state index in [1.54, 1.807) is 0 Å². The fourth-order valence-corrected chi connectivity index (χ4v) is 10.6. The summed E-state index contributed by atoms with van der Waals surface area (Å²) in [5, 5.41) is 26.0. The molecular formula is C84H140N14O31. The molecule has 0 aliphatic heterocycles. The van der Waals surface area contributed by atoms with Gasteiger partial charge in [-0.25, -0.2) is 0 Å². The van der Waals surface area contributed by atoms with Gasteiger partial charge in [0, 0.05) is 18.0 Å². The molecule has 0 bridgehead atoms. The number of azide groups is 1. The maximum Gasteiger partial charge on any atom is 0.308 e. The summed E-state index contributed by atoms with van der Waals surface area (Å²) >= 11 is 0. The monoisotopic (exact) mass is 1840 g/mol. The fourth-order valence-electron chi connectivity index (χ4n) is 10.6. The molecule has 0 aromatic heterocycles. The number of nitrogens with one attached hydrogen (secondary N) is 10. The summed E-state index contributed by atoms with van der Waals surface area (Å²) in [7, 11) is 0. The number of ether oxygens (including phenoxy) is 11. The molecular weight excluding hydrogens is 1700 g/mol. The first-order valence-corrected chi connectivity index (χ1v) is 41.7. The van der Waals surface area contributed by atoms with E-state index in [1.807, 2.05) is 0 Å². The lowest BCUT2D eigenvalue weighted by atomic mass is 10.1. The summed E-state index contributed by atoms with van der Waals surface area (Å²) in [5.74, 6) is -26.0. The molecule has 0 rings (SSSR count). The largest absolute Gasteiger partial charge is 0.460 e. The Balaban J connectivity index is 8.84. The second kappa shape index (κ2) is 50.6. The number of carbonyl (C=O) groups is 20. The van der Waals surface area contributed by atoms with Crippen molar-refractivity contribution >= 4 is 119 Å². The van der Waals surface area contributed by atoms with Gasteiger partial charge in [-0.05, 0) is 213 Å². The molecule has 732 valence electrons. The van der Waals surface area contributed by atoms with Crippen molar-refractivity contribution < 1.29 is 148 Å². The maximum atomic E-state index is 15.3. The van der Waals surface area contributed by atoms with Crippen molar-refractivity contribution in [2.24, 2.45) is 10.8 Å². The SMILES string of the molecule is CC(C)(C)OC(=O)C[C@H](NC(=O)[C@H](CC(=O)OC(C)(C)C)NC(=O)[C@H](CC(=O)OC(C)(C)C)NC(=O)[C@H](CC(=O)OC(C)(C)C)NC(=O)[C@H](CC(=O)OC(C)(C)C)NC(=O)[C@H](CC(=O)OC(C)(C)C)NC(=O)[C@H](CC(=O)OC(C)(C)C)NC(=O)[C@H](CC(=O)OC(C)(C)C)NC(=O)[C@H](CC(=O)OC(C)(C)C)NC(=O)[C@@H](N)CC(=O)OC(C)(C)C)C(=O)NCCOCCN=[N+]=[N-]. The molecule has 0 saturated carbocycles. The molecule has 0 fully saturated rings. The third kappa shape index (κ3) is 57.2. The second-order valence-corrected chi connectivity index (χ2v) is 39.9. The Morgan fingerprint density at radius 1 is 0.240 bits per heavy atom. The number of carbonyl (C=O) groups excluding carboxylic acids is 20. The first-order valence-electron chi connectivity index (χ1n) is 41.7. The van der Waals surface area contributed by atoms with E-state index < -0.39 is 299 Å². The summed E-state index contributed by atoms with van der Waals surface area (Å²) in [6.07, 6.45) is -10.8. The van der Waals surface area contributed by atoms with Crippen LogP contribution in [0.5, 0.6) is 0 Å². The predicted molar refractivity (Wildman–Crippen MR) is 458 cm³/mol. The second-order valence-electron chi connectivity index (χ2n) is 39.9. The number of rotatable bonds is 45. The highest BCUT2D eigenvalue weighted by molar-refractivity contribution is 6.03. The van der Waals surface area contributed by atoms with Crippen LogP contribution in [0.1, 0.15) is 272 Å².